The van der Waals surface area contributed by atoms with E-state index >= 15 is 0 Å². The van der Waals surface area contributed by atoms with E-state index in [0.29, 0.717) is 35.6 Å². The van der Waals surface area contributed by atoms with Crippen molar-refractivity contribution in [2.45, 2.75) is 32.0 Å². The standard InChI is InChI=1S/C26H27N5O7/c1-15-4-5-17(24(34)30-10-2-3-11-30)14-19(15)31-12-13-37-21(25(31)35)20(32)23(33)27-18-8-6-16(7-9-18)22-28-26(36)38-29-22/h4-9,14,20-21,32H,2-3,10-13H2,1H3,(H,27,33)(H,28,29,36)/t20-,21-/m1/s1. The molecule has 0 spiro atoms. The summed E-state index contributed by atoms with van der Waals surface area (Å²) in [5.41, 5.74) is 2.72. The molecule has 5 rings (SSSR count). The minimum Gasteiger partial charge on any atom is -0.380 e. The first-order valence-corrected chi connectivity index (χ1v) is 12.3. The maximum Gasteiger partial charge on any atom is 0.439 e. The van der Waals surface area contributed by atoms with Crippen LogP contribution in [0.25, 0.3) is 11.4 Å². The fourth-order valence-electron chi connectivity index (χ4n) is 4.63. The van der Waals surface area contributed by atoms with Crippen LogP contribution in [0.1, 0.15) is 28.8 Å². The predicted octanol–water partition coefficient (Wildman–Crippen LogP) is 1.31. The van der Waals surface area contributed by atoms with Crippen molar-refractivity contribution in [1.82, 2.24) is 15.0 Å². The average molecular weight is 522 g/mol. The third-order valence-electron chi connectivity index (χ3n) is 6.68. The van der Waals surface area contributed by atoms with E-state index in [9.17, 15) is 24.3 Å². The number of nitrogens with zero attached hydrogens (tertiary/aromatic N) is 3. The maximum atomic E-state index is 13.3. The maximum absolute atomic E-state index is 13.3. The van der Waals surface area contributed by atoms with E-state index in [1.54, 1.807) is 47.4 Å². The Labute approximate surface area is 217 Å². The summed E-state index contributed by atoms with van der Waals surface area (Å²) in [7, 11) is 0. The molecular weight excluding hydrogens is 494 g/mol. The molecule has 0 aliphatic carbocycles. The van der Waals surface area contributed by atoms with Gasteiger partial charge in [-0.3, -0.25) is 23.9 Å². The average Bonchev–Trinajstić information content (AvgIpc) is 3.61. The normalized spacial score (nSPS) is 18.5. The number of aliphatic hydroxyl groups excluding tert-OH is 1. The summed E-state index contributed by atoms with van der Waals surface area (Å²) in [5, 5.41) is 16.9. The summed E-state index contributed by atoms with van der Waals surface area (Å²) in [6.07, 6.45) is -1.24. The van der Waals surface area contributed by atoms with Gasteiger partial charge in [0.05, 0.1) is 6.61 Å². The number of aryl methyl sites for hydroxylation is 1. The van der Waals surface area contributed by atoms with Crippen molar-refractivity contribution < 1.29 is 28.8 Å². The van der Waals surface area contributed by atoms with Crippen LogP contribution in [0.4, 0.5) is 11.4 Å². The third-order valence-corrected chi connectivity index (χ3v) is 6.68. The minimum absolute atomic E-state index is 0.0821. The van der Waals surface area contributed by atoms with Gasteiger partial charge in [-0.05, 0) is 61.7 Å². The van der Waals surface area contributed by atoms with Crippen molar-refractivity contribution >= 4 is 29.1 Å². The van der Waals surface area contributed by atoms with Gasteiger partial charge < -0.3 is 25.0 Å². The number of H-pyrrole nitrogens is 1. The Hall–Kier alpha value is -4.29. The SMILES string of the molecule is Cc1ccc(C(=O)N2CCCC2)cc1N1CCO[C@H]([C@@H](O)C(=O)Nc2ccc(-c3noc(=O)[nH]3)cc2)C1=O. The number of morpholine rings is 1. The zero-order chi connectivity index (χ0) is 26.8. The Morgan fingerprint density at radius 3 is 2.53 bits per heavy atom. The molecule has 2 aliphatic heterocycles. The van der Waals surface area contributed by atoms with Crippen molar-refractivity contribution in [2.75, 3.05) is 36.5 Å². The van der Waals surface area contributed by atoms with E-state index in [-0.39, 0.29) is 24.9 Å². The fraction of sp³-hybridized carbons (Fsp3) is 0.346. The van der Waals surface area contributed by atoms with Crippen LogP contribution in [0, 0.1) is 6.92 Å². The van der Waals surface area contributed by atoms with Crippen molar-refractivity contribution in [3.8, 4) is 11.4 Å². The van der Waals surface area contributed by atoms with Crippen LogP contribution in [0.3, 0.4) is 0 Å². The van der Waals surface area contributed by atoms with Crippen LogP contribution in [-0.4, -0.2) is 76.3 Å². The highest BCUT2D eigenvalue weighted by Gasteiger charge is 2.40. The quantitative estimate of drug-likeness (QED) is 0.438. The molecular formula is C26H27N5O7. The number of hydrogen-bond donors (Lipinski definition) is 3. The van der Waals surface area contributed by atoms with E-state index in [1.165, 1.54) is 4.90 Å². The lowest BCUT2D eigenvalue weighted by Crippen LogP contribution is -2.55. The lowest BCUT2D eigenvalue weighted by molar-refractivity contribution is -0.150. The summed E-state index contributed by atoms with van der Waals surface area (Å²) in [6.45, 7) is 3.58. The number of benzene rings is 2. The molecule has 3 heterocycles. The number of carbonyl (C=O) groups is 3. The lowest BCUT2D eigenvalue weighted by Gasteiger charge is -2.35. The molecule has 0 saturated carbocycles. The molecule has 2 atom stereocenters. The Morgan fingerprint density at radius 2 is 1.84 bits per heavy atom. The van der Waals surface area contributed by atoms with E-state index in [1.807, 2.05) is 6.92 Å². The number of anilines is 2. The van der Waals surface area contributed by atoms with Crippen molar-refractivity contribution in [1.29, 1.82) is 0 Å². The van der Waals surface area contributed by atoms with E-state index < -0.39 is 29.8 Å². The predicted molar refractivity (Wildman–Crippen MR) is 136 cm³/mol. The Morgan fingerprint density at radius 1 is 1.11 bits per heavy atom. The number of nitrogens with one attached hydrogen (secondary N) is 2. The number of aromatic nitrogens is 2. The van der Waals surface area contributed by atoms with Crippen LogP contribution in [0.5, 0.6) is 0 Å². The number of aromatic amines is 1. The second kappa shape index (κ2) is 10.6. The molecule has 12 heteroatoms. The van der Waals surface area contributed by atoms with Gasteiger partial charge in [-0.2, -0.15) is 0 Å². The smallest absolute Gasteiger partial charge is 0.380 e. The van der Waals surface area contributed by atoms with Gasteiger partial charge in [0, 0.05) is 42.1 Å². The topological polar surface area (TPSA) is 158 Å². The highest BCUT2D eigenvalue weighted by Crippen LogP contribution is 2.27. The van der Waals surface area contributed by atoms with Gasteiger partial charge in [0.1, 0.15) is 0 Å². The molecule has 3 N–H and O–H groups in total. The number of aliphatic hydroxyl groups is 1. The zero-order valence-corrected chi connectivity index (χ0v) is 20.7. The number of likely N-dealkylation sites (tertiary alicyclic amines) is 1. The van der Waals surface area contributed by atoms with E-state index in [4.69, 9.17) is 4.74 Å². The molecule has 38 heavy (non-hydrogen) atoms. The summed E-state index contributed by atoms with van der Waals surface area (Å²) in [6, 6.07) is 11.5. The zero-order valence-electron chi connectivity index (χ0n) is 20.7. The van der Waals surface area contributed by atoms with Gasteiger partial charge >= 0.3 is 5.76 Å². The molecule has 0 radical (unpaired) electrons. The lowest BCUT2D eigenvalue weighted by atomic mass is 10.0. The molecule has 0 unspecified atom stereocenters. The summed E-state index contributed by atoms with van der Waals surface area (Å²) in [5.74, 6) is -1.93. The second-order valence-electron chi connectivity index (χ2n) is 9.24. The van der Waals surface area contributed by atoms with Crippen LogP contribution in [0.2, 0.25) is 0 Å². The number of amides is 3. The Kier molecular flexibility index (Phi) is 7.07. The molecule has 2 saturated heterocycles. The first-order valence-electron chi connectivity index (χ1n) is 12.3. The van der Waals surface area contributed by atoms with Crippen LogP contribution in [-0.2, 0) is 14.3 Å². The number of rotatable bonds is 6. The van der Waals surface area contributed by atoms with Crippen molar-refractivity contribution in [3.05, 3.63) is 64.1 Å². The summed E-state index contributed by atoms with van der Waals surface area (Å²) < 4.78 is 9.99. The fourth-order valence-corrected chi connectivity index (χ4v) is 4.63. The van der Waals surface area contributed by atoms with E-state index in [0.717, 1.165) is 18.4 Å². The molecule has 1 aromatic heterocycles. The largest absolute Gasteiger partial charge is 0.439 e. The van der Waals surface area contributed by atoms with Crippen LogP contribution >= 0.6 is 0 Å². The van der Waals surface area contributed by atoms with Crippen molar-refractivity contribution in [2.24, 2.45) is 0 Å². The number of ether oxygens (including phenoxy) is 1. The summed E-state index contributed by atoms with van der Waals surface area (Å²) in [4.78, 5) is 55.8. The number of hydrogen-bond acceptors (Lipinski definition) is 8. The Balaban J connectivity index is 1.28. The van der Waals surface area contributed by atoms with Gasteiger partial charge in [-0.15, -0.1) is 0 Å². The molecule has 12 nitrogen and oxygen atoms in total. The first-order chi connectivity index (χ1) is 18.3. The first kappa shape index (κ1) is 25.4. The Bertz CT molecular complexity index is 1410. The second-order valence-corrected chi connectivity index (χ2v) is 9.24. The van der Waals surface area contributed by atoms with Gasteiger partial charge in [-0.1, -0.05) is 11.2 Å². The van der Waals surface area contributed by atoms with Crippen LogP contribution in [0.15, 0.2) is 51.8 Å². The highest BCUT2D eigenvalue weighted by atomic mass is 16.5. The van der Waals surface area contributed by atoms with Crippen molar-refractivity contribution in [3.63, 3.8) is 0 Å². The van der Waals surface area contributed by atoms with Crippen LogP contribution < -0.4 is 16.0 Å². The van der Waals surface area contributed by atoms with Gasteiger partial charge in [0.15, 0.2) is 18.0 Å². The molecule has 3 aromatic rings. The highest BCUT2D eigenvalue weighted by molar-refractivity contribution is 6.05. The third kappa shape index (κ3) is 5.08. The van der Waals surface area contributed by atoms with Gasteiger partial charge in [-0.25, -0.2) is 4.79 Å². The van der Waals surface area contributed by atoms with E-state index in [2.05, 4.69) is 20.0 Å². The molecule has 2 fully saturated rings. The molecule has 2 aromatic carbocycles. The number of carbonyl (C=O) groups excluding carboxylic acids is 3. The van der Waals surface area contributed by atoms with Gasteiger partial charge in [0.2, 0.25) is 0 Å². The molecule has 3 amide bonds. The van der Waals surface area contributed by atoms with Gasteiger partial charge in [0.25, 0.3) is 17.7 Å². The molecule has 198 valence electrons. The molecule has 0 bridgehead atoms. The molecule has 2 aliphatic rings. The monoisotopic (exact) mass is 521 g/mol. The minimum atomic E-state index is -1.77. The summed E-state index contributed by atoms with van der Waals surface area (Å²) >= 11 is 0.